The smallest absolute Gasteiger partial charge is 0.221 e. The first-order valence-corrected chi connectivity index (χ1v) is 10.7. The molecular formula is C24H33N3O4. The van der Waals surface area contributed by atoms with Crippen molar-refractivity contribution >= 4 is 11.6 Å². The second-order valence-corrected chi connectivity index (χ2v) is 7.97. The molecule has 1 atom stereocenters. The van der Waals surface area contributed by atoms with E-state index in [0.717, 1.165) is 61.9 Å². The highest BCUT2D eigenvalue weighted by molar-refractivity contribution is 5.88. The molecule has 1 fully saturated rings. The summed E-state index contributed by atoms with van der Waals surface area (Å²) < 4.78 is 10.8. The largest absolute Gasteiger partial charge is 0.497 e. The number of rotatable bonds is 9. The summed E-state index contributed by atoms with van der Waals surface area (Å²) in [7, 11) is 3.32. The Hall–Kier alpha value is -2.61. The van der Waals surface area contributed by atoms with Crippen molar-refractivity contribution in [1.82, 2.24) is 9.80 Å². The summed E-state index contributed by atoms with van der Waals surface area (Å²) in [5.74, 6) is 1.51. The van der Waals surface area contributed by atoms with E-state index in [9.17, 15) is 9.90 Å². The highest BCUT2D eigenvalue weighted by atomic mass is 16.5. The van der Waals surface area contributed by atoms with Crippen molar-refractivity contribution in [1.29, 1.82) is 0 Å². The van der Waals surface area contributed by atoms with E-state index in [4.69, 9.17) is 9.47 Å². The number of benzene rings is 2. The lowest BCUT2D eigenvalue weighted by Gasteiger charge is -2.41. The van der Waals surface area contributed by atoms with Crippen LogP contribution in [0.5, 0.6) is 11.5 Å². The summed E-state index contributed by atoms with van der Waals surface area (Å²) in [6.07, 6.45) is 0.735. The van der Waals surface area contributed by atoms with Crippen LogP contribution in [0.3, 0.4) is 0 Å². The van der Waals surface area contributed by atoms with Gasteiger partial charge >= 0.3 is 0 Å². The predicted octanol–water partition coefficient (Wildman–Crippen LogP) is 2.73. The second kappa shape index (κ2) is 11.1. The van der Waals surface area contributed by atoms with Crippen molar-refractivity contribution in [3.63, 3.8) is 0 Å². The molecule has 0 radical (unpaired) electrons. The van der Waals surface area contributed by atoms with Gasteiger partial charge in [0.1, 0.15) is 11.5 Å². The van der Waals surface area contributed by atoms with Crippen LogP contribution in [0.25, 0.3) is 0 Å². The predicted molar refractivity (Wildman–Crippen MR) is 121 cm³/mol. The van der Waals surface area contributed by atoms with Crippen LogP contribution in [-0.4, -0.2) is 67.3 Å². The molecule has 1 heterocycles. The number of piperazine rings is 1. The fraction of sp³-hybridized carbons (Fsp3) is 0.458. The number of methoxy groups -OCH3 is 2. The van der Waals surface area contributed by atoms with Crippen molar-refractivity contribution in [3.05, 3.63) is 53.6 Å². The summed E-state index contributed by atoms with van der Waals surface area (Å²) in [6, 6.07) is 14.2. The first-order chi connectivity index (χ1) is 15.0. The summed E-state index contributed by atoms with van der Waals surface area (Å²) in [6.45, 7) is 6.10. The lowest BCUT2D eigenvalue weighted by Crippen LogP contribution is -2.52. The highest BCUT2D eigenvalue weighted by Gasteiger charge is 2.27. The molecule has 0 aromatic heterocycles. The number of nitrogens with one attached hydrogen (secondary N) is 1. The van der Waals surface area contributed by atoms with Gasteiger partial charge in [0.2, 0.25) is 5.91 Å². The van der Waals surface area contributed by atoms with Crippen LogP contribution in [0.15, 0.2) is 42.5 Å². The second-order valence-electron chi connectivity index (χ2n) is 7.97. The van der Waals surface area contributed by atoms with Gasteiger partial charge in [-0.1, -0.05) is 12.1 Å². The molecule has 2 N–H and O–H groups in total. The first-order valence-electron chi connectivity index (χ1n) is 10.7. The SMILES string of the molecule is COc1cc(CN2CCN(Cc3ccc(NC(C)=O)cc3)C[C@H]2CCO)cc(OC)c1. The molecule has 2 aromatic carbocycles. The molecule has 3 rings (SSSR count). The van der Waals surface area contributed by atoms with E-state index < -0.39 is 0 Å². The van der Waals surface area contributed by atoms with E-state index >= 15 is 0 Å². The molecule has 0 spiro atoms. The van der Waals surface area contributed by atoms with E-state index in [-0.39, 0.29) is 18.6 Å². The zero-order valence-corrected chi connectivity index (χ0v) is 18.6. The van der Waals surface area contributed by atoms with Crippen LogP contribution in [0.1, 0.15) is 24.5 Å². The summed E-state index contributed by atoms with van der Waals surface area (Å²) in [5, 5.41) is 12.4. The fourth-order valence-electron chi connectivity index (χ4n) is 4.08. The molecule has 31 heavy (non-hydrogen) atoms. The van der Waals surface area contributed by atoms with E-state index in [1.54, 1.807) is 14.2 Å². The Kier molecular flexibility index (Phi) is 8.28. The van der Waals surface area contributed by atoms with Crippen molar-refractivity contribution in [2.45, 2.75) is 32.5 Å². The minimum Gasteiger partial charge on any atom is -0.497 e. The lowest BCUT2D eigenvalue weighted by atomic mass is 10.1. The number of anilines is 1. The van der Waals surface area contributed by atoms with Crippen molar-refractivity contribution < 1.29 is 19.4 Å². The molecule has 7 heteroatoms. The molecule has 0 saturated carbocycles. The number of hydrogen-bond acceptors (Lipinski definition) is 6. The molecule has 168 valence electrons. The number of carbonyl (C=O) groups excluding carboxylic acids is 1. The number of nitrogens with zero attached hydrogens (tertiary/aromatic N) is 2. The average Bonchev–Trinajstić information content (AvgIpc) is 2.76. The van der Waals surface area contributed by atoms with E-state index in [1.165, 1.54) is 12.5 Å². The van der Waals surface area contributed by atoms with Crippen molar-refractivity contribution in [2.75, 3.05) is 45.8 Å². The average molecular weight is 428 g/mol. The molecule has 7 nitrogen and oxygen atoms in total. The minimum absolute atomic E-state index is 0.0654. The molecule has 1 saturated heterocycles. The highest BCUT2D eigenvalue weighted by Crippen LogP contribution is 2.25. The van der Waals surface area contributed by atoms with Crippen LogP contribution >= 0.6 is 0 Å². The fourth-order valence-corrected chi connectivity index (χ4v) is 4.08. The van der Waals surface area contributed by atoms with E-state index in [2.05, 4.69) is 27.2 Å². The Morgan fingerprint density at radius 3 is 2.29 bits per heavy atom. The zero-order chi connectivity index (χ0) is 22.2. The summed E-state index contributed by atoms with van der Waals surface area (Å²) in [4.78, 5) is 16.0. The Balaban J connectivity index is 1.63. The number of ether oxygens (including phenoxy) is 2. The Morgan fingerprint density at radius 2 is 1.71 bits per heavy atom. The van der Waals surface area contributed by atoms with Gasteiger partial charge in [-0.25, -0.2) is 0 Å². The van der Waals surface area contributed by atoms with E-state index in [1.807, 2.05) is 30.3 Å². The van der Waals surface area contributed by atoms with Gasteiger partial charge in [-0.3, -0.25) is 14.6 Å². The van der Waals surface area contributed by atoms with Crippen LogP contribution in [0, 0.1) is 0 Å². The summed E-state index contributed by atoms with van der Waals surface area (Å²) >= 11 is 0. The van der Waals surface area contributed by atoms with E-state index in [0.29, 0.717) is 0 Å². The van der Waals surface area contributed by atoms with Crippen LogP contribution in [0.4, 0.5) is 5.69 Å². The maximum Gasteiger partial charge on any atom is 0.221 e. The maximum atomic E-state index is 11.2. The Labute approximate surface area is 184 Å². The molecule has 1 aliphatic heterocycles. The van der Waals surface area contributed by atoms with Gasteiger partial charge in [0.15, 0.2) is 0 Å². The minimum atomic E-state index is -0.0654. The number of amides is 1. The van der Waals surface area contributed by atoms with Gasteiger partial charge in [-0.2, -0.15) is 0 Å². The molecular weight excluding hydrogens is 394 g/mol. The molecule has 0 unspecified atom stereocenters. The van der Waals surface area contributed by atoms with Gasteiger partial charge in [0.05, 0.1) is 14.2 Å². The third kappa shape index (κ3) is 6.69. The lowest BCUT2D eigenvalue weighted by molar-refractivity contribution is -0.114. The quantitative estimate of drug-likeness (QED) is 0.641. The third-order valence-electron chi connectivity index (χ3n) is 5.63. The monoisotopic (exact) mass is 427 g/mol. The van der Waals surface area contributed by atoms with Gasteiger partial charge in [0, 0.05) is 64.0 Å². The van der Waals surface area contributed by atoms with Gasteiger partial charge in [-0.15, -0.1) is 0 Å². The zero-order valence-electron chi connectivity index (χ0n) is 18.6. The third-order valence-corrected chi connectivity index (χ3v) is 5.63. The van der Waals surface area contributed by atoms with Crippen LogP contribution < -0.4 is 14.8 Å². The topological polar surface area (TPSA) is 74.3 Å². The van der Waals surface area contributed by atoms with Crippen molar-refractivity contribution in [3.8, 4) is 11.5 Å². The van der Waals surface area contributed by atoms with Crippen LogP contribution in [0.2, 0.25) is 0 Å². The number of aliphatic hydroxyl groups excluding tert-OH is 1. The normalized spacial score (nSPS) is 17.4. The molecule has 1 amide bonds. The van der Waals surface area contributed by atoms with Gasteiger partial charge in [-0.05, 0) is 41.8 Å². The molecule has 2 aromatic rings. The molecule has 0 aliphatic carbocycles. The van der Waals surface area contributed by atoms with Crippen molar-refractivity contribution in [2.24, 2.45) is 0 Å². The van der Waals surface area contributed by atoms with Gasteiger partial charge < -0.3 is 19.9 Å². The standard InChI is InChI=1S/C24H33N3O4/c1-18(29)25-21-6-4-19(5-7-21)15-26-9-10-27(22(17-26)8-11-28)16-20-12-23(30-2)14-24(13-20)31-3/h4-7,12-14,22,28H,8-11,15-17H2,1-3H3,(H,25,29)/t22-/m1/s1. The Bertz CT molecular complexity index is 834. The number of aliphatic hydroxyl groups is 1. The molecule has 0 bridgehead atoms. The first kappa shape index (κ1) is 23.1. The number of carbonyl (C=O) groups is 1. The summed E-state index contributed by atoms with van der Waals surface area (Å²) in [5.41, 5.74) is 3.16. The number of hydrogen-bond donors (Lipinski definition) is 2. The Morgan fingerprint density at radius 1 is 1.03 bits per heavy atom. The van der Waals surface area contributed by atoms with Gasteiger partial charge in [0.25, 0.3) is 0 Å². The maximum absolute atomic E-state index is 11.2. The molecule has 1 aliphatic rings. The van der Waals surface area contributed by atoms with Crippen LogP contribution in [-0.2, 0) is 17.9 Å².